The molecule has 0 aliphatic rings. The van der Waals surface area contributed by atoms with E-state index in [9.17, 15) is 0 Å². The Balaban J connectivity index is 3.41. The smallest absolute Gasteiger partial charge is 0.121 e. The highest BCUT2D eigenvalue weighted by molar-refractivity contribution is 6.93. The molecular weight excluding hydrogens is 322 g/mol. The van der Waals surface area contributed by atoms with Crippen molar-refractivity contribution in [3.05, 3.63) is 42.0 Å². The van der Waals surface area contributed by atoms with Crippen molar-refractivity contribution in [3.8, 4) is 0 Å². The van der Waals surface area contributed by atoms with Crippen LogP contribution in [0.4, 0.5) is 0 Å². The predicted octanol–water partition coefficient (Wildman–Crippen LogP) is 7.14. The molecule has 0 spiro atoms. The van der Waals surface area contributed by atoms with Crippen LogP contribution in [0.25, 0.3) is 6.08 Å². The Bertz CT molecular complexity index is 548. The van der Waals surface area contributed by atoms with Gasteiger partial charge in [-0.3, -0.25) is 0 Å². The maximum Gasteiger partial charge on any atom is 0.121 e. The lowest BCUT2D eigenvalue weighted by Crippen LogP contribution is -2.67. The lowest BCUT2D eigenvalue weighted by molar-refractivity contribution is 0.508. The Morgan fingerprint density at radius 1 is 0.917 bits per heavy atom. The third-order valence-corrected chi connectivity index (χ3v) is 20.3. The number of rotatable bonds is 5. The summed E-state index contributed by atoms with van der Waals surface area (Å²) in [5.74, 6) is 0. The van der Waals surface area contributed by atoms with Crippen LogP contribution in [0, 0.1) is 0 Å². The summed E-state index contributed by atoms with van der Waals surface area (Å²) < 4.78 is 2.97. The van der Waals surface area contributed by atoms with E-state index in [1.165, 1.54) is 11.1 Å². The van der Waals surface area contributed by atoms with E-state index >= 15 is 0 Å². The molecular formula is C21H39NSi2. The molecule has 0 bridgehead atoms. The average molecular weight is 362 g/mol. The average Bonchev–Trinajstić information content (AvgIpc) is 2.42. The molecule has 0 saturated carbocycles. The van der Waals surface area contributed by atoms with Crippen LogP contribution in [0.3, 0.4) is 0 Å². The van der Waals surface area contributed by atoms with Crippen molar-refractivity contribution < 1.29 is 0 Å². The fraction of sp³-hybridized carbons (Fsp3) is 0.619. The zero-order valence-electron chi connectivity index (χ0n) is 17.7. The van der Waals surface area contributed by atoms with Crippen LogP contribution in [0.2, 0.25) is 36.3 Å². The minimum atomic E-state index is -1.62. The van der Waals surface area contributed by atoms with Crippen LogP contribution in [-0.4, -0.2) is 20.7 Å². The minimum Gasteiger partial charge on any atom is -0.341 e. The molecule has 1 aromatic rings. The first-order chi connectivity index (χ1) is 10.6. The Labute approximate surface area is 153 Å². The Hall–Kier alpha value is -0.646. The Morgan fingerprint density at radius 3 is 1.75 bits per heavy atom. The van der Waals surface area contributed by atoms with Crippen molar-refractivity contribution in [2.45, 2.75) is 84.4 Å². The Morgan fingerprint density at radius 2 is 1.38 bits per heavy atom. The summed E-state index contributed by atoms with van der Waals surface area (Å²) in [6.45, 7) is 29.8. The molecule has 0 N–H and O–H groups in total. The summed E-state index contributed by atoms with van der Waals surface area (Å²) in [6.07, 6.45) is 1.95. The first kappa shape index (κ1) is 21.4. The second kappa shape index (κ2) is 6.93. The van der Waals surface area contributed by atoms with Crippen molar-refractivity contribution in [2.75, 3.05) is 0 Å². The van der Waals surface area contributed by atoms with Gasteiger partial charge in [0.05, 0.1) is 0 Å². The fourth-order valence-electron chi connectivity index (χ4n) is 2.90. The topological polar surface area (TPSA) is 3.24 Å². The largest absolute Gasteiger partial charge is 0.341 e. The van der Waals surface area contributed by atoms with Crippen molar-refractivity contribution in [2.24, 2.45) is 0 Å². The maximum atomic E-state index is 3.93. The van der Waals surface area contributed by atoms with Gasteiger partial charge in [-0.15, -0.1) is 0 Å². The second-order valence-corrected chi connectivity index (χ2v) is 20.9. The van der Waals surface area contributed by atoms with Crippen molar-refractivity contribution in [3.63, 3.8) is 0 Å². The normalized spacial score (nSPS) is 14.1. The predicted molar refractivity (Wildman–Crippen MR) is 116 cm³/mol. The first-order valence-electron chi connectivity index (χ1n) is 9.14. The highest BCUT2D eigenvalue weighted by Gasteiger charge is 2.51. The number of hydrogen-bond donors (Lipinski definition) is 0. The molecule has 0 radical (unpaired) electrons. The molecule has 3 heteroatoms. The summed E-state index contributed by atoms with van der Waals surface area (Å²) in [5, 5.41) is 0.692. The molecule has 1 aromatic carbocycles. The summed E-state index contributed by atoms with van der Waals surface area (Å²) >= 11 is 0. The Kier molecular flexibility index (Phi) is 6.18. The van der Waals surface area contributed by atoms with Crippen molar-refractivity contribution in [1.29, 1.82) is 0 Å². The number of benzene rings is 1. The van der Waals surface area contributed by atoms with Crippen molar-refractivity contribution in [1.82, 2.24) is 4.23 Å². The van der Waals surface area contributed by atoms with Gasteiger partial charge < -0.3 is 4.23 Å². The van der Waals surface area contributed by atoms with E-state index in [4.69, 9.17) is 0 Å². The van der Waals surface area contributed by atoms with Crippen LogP contribution < -0.4 is 0 Å². The van der Waals surface area contributed by atoms with Crippen LogP contribution in [0.15, 0.2) is 30.8 Å². The molecule has 1 rings (SSSR count). The molecule has 0 heterocycles. The third-order valence-electron chi connectivity index (χ3n) is 6.55. The summed E-state index contributed by atoms with van der Waals surface area (Å²) in [5.41, 5.74) is 2.64. The fourth-order valence-corrected chi connectivity index (χ4v) is 13.3. The highest BCUT2D eigenvalue weighted by Crippen LogP contribution is 2.47. The van der Waals surface area contributed by atoms with Gasteiger partial charge in [0.15, 0.2) is 0 Å². The minimum absolute atomic E-state index is 0.346. The van der Waals surface area contributed by atoms with E-state index in [0.717, 1.165) is 6.54 Å². The molecule has 136 valence electrons. The molecule has 24 heavy (non-hydrogen) atoms. The van der Waals surface area contributed by atoms with Crippen molar-refractivity contribution >= 4 is 22.5 Å². The highest BCUT2D eigenvalue weighted by atomic mass is 28.4. The van der Waals surface area contributed by atoms with Crippen LogP contribution in [0.1, 0.15) is 52.7 Å². The lowest BCUT2D eigenvalue weighted by Gasteiger charge is -2.57. The van der Waals surface area contributed by atoms with E-state index < -0.39 is 16.5 Å². The third kappa shape index (κ3) is 4.30. The molecule has 0 saturated heterocycles. The molecule has 1 nitrogen and oxygen atoms in total. The molecule has 0 aliphatic heterocycles. The van der Waals surface area contributed by atoms with Gasteiger partial charge in [-0.25, -0.2) is 0 Å². The molecule has 0 atom stereocenters. The molecule has 0 unspecified atom stereocenters. The lowest BCUT2D eigenvalue weighted by atomic mass is 10.1. The number of nitrogens with zero attached hydrogens (tertiary/aromatic N) is 1. The van der Waals surface area contributed by atoms with Gasteiger partial charge in [0.1, 0.15) is 16.5 Å². The quantitative estimate of drug-likeness (QED) is 0.504. The van der Waals surface area contributed by atoms with E-state index in [0.29, 0.717) is 10.1 Å². The maximum absolute atomic E-state index is 3.93. The first-order valence-corrected chi connectivity index (χ1v) is 15.0. The van der Waals surface area contributed by atoms with Gasteiger partial charge in [-0.1, -0.05) is 105 Å². The molecule has 0 fully saturated rings. The van der Waals surface area contributed by atoms with Gasteiger partial charge >= 0.3 is 0 Å². The van der Waals surface area contributed by atoms with Crippen LogP contribution in [0.5, 0.6) is 0 Å². The number of hydrogen-bond acceptors (Lipinski definition) is 1. The van der Waals surface area contributed by atoms with E-state index in [1.54, 1.807) is 0 Å². The van der Waals surface area contributed by atoms with Gasteiger partial charge in [0.2, 0.25) is 0 Å². The standard InChI is InChI=1S/C21H39NSi2/c1-12-18-14-13-15-19(16-18)17-22(23(8,9)20(2,3)4)24(10,11)21(5,6)7/h12-16H,1,17H2,2-11H3. The monoisotopic (exact) mass is 361 g/mol. The van der Waals surface area contributed by atoms with Gasteiger partial charge in [0, 0.05) is 6.54 Å². The second-order valence-electron chi connectivity index (χ2n) is 10.2. The van der Waals surface area contributed by atoms with Gasteiger partial charge in [-0.2, -0.15) is 0 Å². The molecule has 0 aliphatic carbocycles. The van der Waals surface area contributed by atoms with Crippen LogP contribution in [-0.2, 0) is 6.54 Å². The van der Waals surface area contributed by atoms with E-state index in [2.05, 4.69) is 103 Å². The zero-order chi connectivity index (χ0) is 19.0. The SMILES string of the molecule is C=Cc1cccc(CN([Si](C)(C)C(C)(C)C)[Si](C)(C)C(C)(C)C)c1. The summed E-state index contributed by atoms with van der Waals surface area (Å²) in [4.78, 5) is 0. The molecule has 0 amide bonds. The summed E-state index contributed by atoms with van der Waals surface area (Å²) in [6, 6.07) is 8.89. The van der Waals surface area contributed by atoms with Gasteiger partial charge in [-0.05, 0) is 21.2 Å². The molecule has 0 aromatic heterocycles. The van der Waals surface area contributed by atoms with E-state index in [-0.39, 0.29) is 0 Å². The van der Waals surface area contributed by atoms with Gasteiger partial charge in [0.25, 0.3) is 0 Å². The van der Waals surface area contributed by atoms with Crippen LogP contribution >= 0.6 is 0 Å². The zero-order valence-corrected chi connectivity index (χ0v) is 19.7. The summed E-state index contributed by atoms with van der Waals surface area (Å²) in [7, 11) is -3.24. The van der Waals surface area contributed by atoms with E-state index in [1.807, 2.05) is 6.08 Å².